The van der Waals surface area contributed by atoms with Crippen LogP contribution in [-0.2, 0) is 14.3 Å². The Morgan fingerprint density at radius 2 is 0.867 bits per heavy atom. The van der Waals surface area contributed by atoms with Crippen molar-refractivity contribution in [1.82, 2.24) is 5.32 Å². The Labute approximate surface area is 371 Å². The minimum Gasteiger partial charge on any atom is -0.466 e. The maximum absolute atomic E-state index is 12.4. The number of unbranched alkanes of at least 4 members (excludes halogenated alkanes) is 27. The minimum absolute atomic E-state index is 0.0331. The molecule has 0 aliphatic carbocycles. The maximum atomic E-state index is 12.4. The molecule has 0 rings (SSSR count). The summed E-state index contributed by atoms with van der Waals surface area (Å²) < 4.78 is 5.43. The summed E-state index contributed by atoms with van der Waals surface area (Å²) in [5.41, 5.74) is 0. The van der Waals surface area contributed by atoms with Gasteiger partial charge in [-0.05, 0) is 96.3 Å². The van der Waals surface area contributed by atoms with Gasteiger partial charge in [-0.25, -0.2) is 0 Å². The van der Waals surface area contributed by atoms with Gasteiger partial charge in [-0.3, -0.25) is 9.59 Å². The van der Waals surface area contributed by atoms with Gasteiger partial charge in [0.1, 0.15) is 0 Å². The minimum atomic E-state index is -0.855. The van der Waals surface area contributed by atoms with E-state index in [0.29, 0.717) is 19.4 Å². The van der Waals surface area contributed by atoms with Gasteiger partial charge < -0.3 is 20.3 Å². The van der Waals surface area contributed by atoms with Crippen molar-refractivity contribution < 1.29 is 24.5 Å². The Bertz CT molecular complexity index is 1060. The van der Waals surface area contributed by atoms with E-state index in [1.807, 2.05) is 6.08 Å². The standard InChI is InChI=1S/C54H97NO5/c1-3-5-7-9-11-13-15-22-26-30-34-38-42-46-52(57)51(50-56)55-53(58)47-43-39-35-31-27-24-20-18-17-19-21-25-29-33-37-41-45-49-60-54(59)48-44-40-36-32-28-23-16-14-12-10-8-6-4-2/h8,10,14,16-17,19,25,29,42,46,51-52,56-57H,3-7,9,11-13,15,18,20-24,26-28,30-41,43-45,47-50H2,1-2H3,(H,55,58)/b10-8-,16-14-,19-17-,29-25-,46-42+. The van der Waals surface area contributed by atoms with Crippen LogP contribution in [0.3, 0.4) is 0 Å². The molecule has 60 heavy (non-hydrogen) atoms. The van der Waals surface area contributed by atoms with Crippen LogP contribution in [0.2, 0.25) is 0 Å². The van der Waals surface area contributed by atoms with Crippen LogP contribution >= 0.6 is 0 Å². The van der Waals surface area contributed by atoms with Gasteiger partial charge in [0, 0.05) is 12.8 Å². The average Bonchev–Trinajstić information content (AvgIpc) is 3.25. The van der Waals surface area contributed by atoms with Crippen molar-refractivity contribution in [3.05, 3.63) is 60.8 Å². The lowest BCUT2D eigenvalue weighted by molar-refractivity contribution is -0.143. The number of allylic oxidation sites excluding steroid dienone is 9. The highest BCUT2D eigenvalue weighted by atomic mass is 16.5. The maximum Gasteiger partial charge on any atom is 0.305 e. The summed E-state index contributed by atoms with van der Waals surface area (Å²) in [6.07, 6.45) is 62.2. The molecule has 6 nitrogen and oxygen atoms in total. The van der Waals surface area contributed by atoms with Crippen molar-refractivity contribution in [1.29, 1.82) is 0 Å². The van der Waals surface area contributed by atoms with Crippen LogP contribution in [0.5, 0.6) is 0 Å². The summed E-state index contributed by atoms with van der Waals surface area (Å²) in [4.78, 5) is 24.4. The van der Waals surface area contributed by atoms with Crippen LogP contribution in [0.25, 0.3) is 0 Å². The first-order valence-corrected chi connectivity index (χ1v) is 25.6. The van der Waals surface area contributed by atoms with Crippen LogP contribution in [-0.4, -0.2) is 47.4 Å². The van der Waals surface area contributed by atoms with E-state index in [9.17, 15) is 19.8 Å². The summed E-state index contributed by atoms with van der Waals surface area (Å²) in [6.45, 7) is 4.76. The SMILES string of the molecule is CCC/C=C\C/C=C\CCCCCCCC(=O)OCCCCC/C=C\C/C=C\CCCCCCCCCC(=O)NC(CO)C(O)/C=C/CCCCCCCCCCCCC. The summed E-state index contributed by atoms with van der Waals surface area (Å²) in [7, 11) is 0. The van der Waals surface area contributed by atoms with Gasteiger partial charge >= 0.3 is 5.97 Å². The number of amides is 1. The number of carbonyl (C=O) groups is 2. The largest absolute Gasteiger partial charge is 0.466 e. The van der Waals surface area contributed by atoms with Crippen molar-refractivity contribution in [2.45, 2.75) is 257 Å². The van der Waals surface area contributed by atoms with E-state index >= 15 is 0 Å². The van der Waals surface area contributed by atoms with Gasteiger partial charge in [0.05, 0.1) is 25.4 Å². The highest BCUT2D eigenvalue weighted by Crippen LogP contribution is 2.14. The van der Waals surface area contributed by atoms with Gasteiger partial charge in [0.15, 0.2) is 0 Å². The van der Waals surface area contributed by atoms with Crippen LogP contribution in [0.4, 0.5) is 0 Å². The molecule has 0 radical (unpaired) electrons. The zero-order chi connectivity index (χ0) is 43.7. The summed E-state index contributed by atoms with van der Waals surface area (Å²) in [5.74, 6) is -0.120. The predicted octanol–water partition coefficient (Wildman–Crippen LogP) is 15.2. The molecule has 0 saturated heterocycles. The molecule has 0 fully saturated rings. The fourth-order valence-electron chi connectivity index (χ4n) is 7.29. The molecule has 6 heteroatoms. The Morgan fingerprint density at radius 1 is 0.467 bits per heavy atom. The molecule has 0 aromatic carbocycles. The topological polar surface area (TPSA) is 95.9 Å². The molecule has 2 atom stereocenters. The molecule has 0 spiro atoms. The summed E-state index contributed by atoms with van der Waals surface area (Å²) in [6, 6.07) is -0.641. The number of carbonyl (C=O) groups excluding carboxylic acids is 2. The Morgan fingerprint density at radius 3 is 1.33 bits per heavy atom. The molecule has 0 aromatic rings. The first-order chi connectivity index (χ1) is 29.5. The van der Waals surface area contributed by atoms with Crippen molar-refractivity contribution in [2.24, 2.45) is 0 Å². The molecule has 3 N–H and O–H groups in total. The van der Waals surface area contributed by atoms with Crippen molar-refractivity contribution in [3.63, 3.8) is 0 Å². The van der Waals surface area contributed by atoms with Gasteiger partial charge in [-0.15, -0.1) is 0 Å². The van der Waals surface area contributed by atoms with Crippen LogP contribution in [0.15, 0.2) is 60.8 Å². The summed E-state index contributed by atoms with van der Waals surface area (Å²) in [5, 5.41) is 23.0. The number of hydrogen-bond donors (Lipinski definition) is 3. The monoisotopic (exact) mass is 840 g/mol. The molecule has 0 bridgehead atoms. The van der Waals surface area contributed by atoms with Crippen LogP contribution < -0.4 is 5.32 Å². The fourth-order valence-corrected chi connectivity index (χ4v) is 7.29. The Hall–Kier alpha value is -2.44. The smallest absolute Gasteiger partial charge is 0.305 e. The molecule has 0 saturated carbocycles. The third kappa shape index (κ3) is 45.1. The number of esters is 1. The Balaban J connectivity index is 3.56. The molecule has 2 unspecified atom stereocenters. The van der Waals surface area contributed by atoms with Gasteiger partial charge in [-0.2, -0.15) is 0 Å². The zero-order valence-corrected chi connectivity index (χ0v) is 39.4. The number of aliphatic hydroxyl groups is 2. The number of hydrogen-bond acceptors (Lipinski definition) is 5. The Kier molecular flexibility index (Phi) is 47.2. The molecule has 0 aliphatic rings. The van der Waals surface area contributed by atoms with Crippen LogP contribution in [0.1, 0.15) is 245 Å². The molecule has 1 amide bonds. The third-order valence-corrected chi connectivity index (χ3v) is 11.2. The number of rotatable bonds is 46. The summed E-state index contributed by atoms with van der Waals surface area (Å²) >= 11 is 0. The number of aliphatic hydroxyl groups excluding tert-OH is 2. The van der Waals surface area contributed by atoms with E-state index in [-0.39, 0.29) is 18.5 Å². The predicted molar refractivity (Wildman–Crippen MR) is 259 cm³/mol. The van der Waals surface area contributed by atoms with E-state index in [1.54, 1.807) is 6.08 Å². The third-order valence-electron chi connectivity index (χ3n) is 11.2. The van der Waals surface area contributed by atoms with Crippen molar-refractivity contribution >= 4 is 11.9 Å². The second-order valence-corrected chi connectivity index (χ2v) is 17.1. The lowest BCUT2D eigenvalue weighted by Crippen LogP contribution is -2.45. The molecule has 348 valence electrons. The number of ether oxygens (including phenoxy) is 1. The first kappa shape index (κ1) is 57.6. The van der Waals surface area contributed by atoms with E-state index in [1.165, 1.54) is 122 Å². The lowest BCUT2D eigenvalue weighted by atomic mass is 10.0. The number of nitrogens with one attached hydrogen (secondary N) is 1. The second kappa shape index (κ2) is 49.2. The highest BCUT2D eigenvalue weighted by Gasteiger charge is 2.18. The van der Waals surface area contributed by atoms with Gasteiger partial charge in [0.2, 0.25) is 5.91 Å². The molecule has 0 heterocycles. The lowest BCUT2D eigenvalue weighted by Gasteiger charge is -2.20. The van der Waals surface area contributed by atoms with E-state index in [2.05, 4.69) is 67.8 Å². The van der Waals surface area contributed by atoms with E-state index < -0.39 is 12.1 Å². The van der Waals surface area contributed by atoms with Gasteiger partial charge in [0.25, 0.3) is 0 Å². The quantitative estimate of drug-likeness (QED) is 0.0322. The highest BCUT2D eigenvalue weighted by molar-refractivity contribution is 5.76. The van der Waals surface area contributed by atoms with E-state index in [0.717, 1.165) is 96.3 Å². The molecule has 0 aliphatic heterocycles. The van der Waals surface area contributed by atoms with Crippen molar-refractivity contribution in [2.75, 3.05) is 13.2 Å². The zero-order valence-electron chi connectivity index (χ0n) is 39.4. The average molecular weight is 840 g/mol. The van der Waals surface area contributed by atoms with Gasteiger partial charge in [-0.1, -0.05) is 197 Å². The van der Waals surface area contributed by atoms with Crippen molar-refractivity contribution in [3.8, 4) is 0 Å². The van der Waals surface area contributed by atoms with Crippen LogP contribution in [0, 0.1) is 0 Å². The second-order valence-electron chi connectivity index (χ2n) is 17.1. The molecular formula is C54H97NO5. The normalized spacial score (nSPS) is 13.2. The van der Waals surface area contributed by atoms with E-state index in [4.69, 9.17) is 4.74 Å². The molecule has 0 aromatic heterocycles. The fraction of sp³-hybridized carbons (Fsp3) is 0.778. The first-order valence-electron chi connectivity index (χ1n) is 25.6. The molecular weight excluding hydrogens is 743 g/mol.